The molecule has 0 bridgehead atoms. The van der Waals surface area contributed by atoms with E-state index in [1.807, 2.05) is 16.7 Å². The van der Waals surface area contributed by atoms with Crippen molar-refractivity contribution in [3.63, 3.8) is 0 Å². The third-order valence-electron chi connectivity index (χ3n) is 4.54. The number of hydrogen-bond donors (Lipinski definition) is 0. The van der Waals surface area contributed by atoms with Gasteiger partial charge in [0.2, 0.25) is 11.8 Å². The SMILES string of the molecule is Cc1sc(CC(=O)N2CSCC2C(=O)N2CCSCC2)nc1C(C)C. The van der Waals surface area contributed by atoms with Crippen LogP contribution in [0, 0.1) is 6.92 Å². The van der Waals surface area contributed by atoms with Crippen molar-refractivity contribution in [3.8, 4) is 0 Å². The van der Waals surface area contributed by atoms with Crippen LogP contribution in [0.4, 0.5) is 0 Å². The van der Waals surface area contributed by atoms with Crippen molar-refractivity contribution in [1.29, 1.82) is 0 Å². The molecule has 0 N–H and O–H groups in total. The highest BCUT2D eigenvalue weighted by molar-refractivity contribution is 7.99. The van der Waals surface area contributed by atoms with Crippen LogP contribution in [0.3, 0.4) is 0 Å². The largest absolute Gasteiger partial charge is 0.339 e. The summed E-state index contributed by atoms with van der Waals surface area (Å²) in [7, 11) is 0. The van der Waals surface area contributed by atoms with Gasteiger partial charge in [-0.3, -0.25) is 9.59 Å². The van der Waals surface area contributed by atoms with Crippen molar-refractivity contribution in [2.24, 2.45) is 0 Å². The highest BCUT2D eigenvalue weighted by Crippen LogP contribution is 2.27. The molecule has 0 aromatic carbocycles. The Balaban J connectivity index is 1.66. The van der Waals surface area contributed by atoms with E-state index in [-0.39, 0.29) is 17.9 Å². The molecule has 8 heteroatoms. The number of aryl methyl sites for hydroxylation is 1. The van der Waals surface area contributed by atoms with Crippen molar-refractivity contribution in [3.05, 3.63) is 15.6 Å². The smallest absolute Gasteiger partial charge is 0.246 e. The maximum atomic E-state index is 12.8. The van der Waals surface area contributed by atoms with Gasteiger partial charge in [0.25, 0.3) is 0 Å². The van der Waals surface area contributed by atoms with E-state index in [2.05, 4.69) is 25.8 Å². The molecule has 0 saturated carbocycles. The Bertz CT molecular complexity index is 641. The second-order valence-electron chi connectivity index (χ2n) is 6.70. The topological polar surface area (TPSA) is 53.5 Å². The molecule has 0 aliphatic carbocycles. The molecular formula is C17H25N3O2S3. The third kappa shape index (κ3) is 4.34. The zero-order valence-corrected chi connectivity index (χ0v) is 17.4. The number of hydrogen-bond acceptors (Lipinski definition) is 6. The monoisotopic (exact) mass is 399 g/mol. The fourth-order valence-corrected chi connectivity index (χ4v) is 6.35. The lowest BCUT2D eigenvalue weighted by Crippen LogP contribution is -2.51. The Morgan fingerprint density at radius 3 is 2.60 bits per heavy atom. The molecular weight excluding hydrogens is 374 g/mol. The van der Waals surface area contributed by atoms with Crippen molar-refractivity contribution >= 4 is 46.7 Å². The standard InChI is InChI=1S/C17H25N3O2S3/c1-11(2)16-12(3)25-14(18-16)8-15(21)20-10-24-9-13(20)17(22)19-4-6-23-7-5-19/h11,13H,4-10H2,1-3H3. The maximum absolute atomic E-state index is 12.8. The van der Waals surface area contributed by atoms with E-state index in [1.165, 1.54) is 4.88 Å². The first-order valence-electron chi connectivity index (χ1n) is 8.67. The number of thioether (sulfide) groups is 2. The highest BCUT2D eigenvalue weighted by atomic mass is 32.2. The van der Waals surface area contributed by atoms with E-state index in [0.29, 0.717) is 24.0 Å². The van der Waals surface area contributed by atoms with Crippen molar-refractivity contribution in [1.82, 2.24) is 14.8 Å². The minimum Gasteiger partial charge on any atom is -0.339 e. The molecule has 3 heterocycles. The van der Waals surface area contributed by atoms with E-state index < -0.39 is 0 Å². The normalized spacial score (nSPS) is 21.2. The Morgan fingerprint density at radius 1 is 1.24 bits per heavy atom. The third-order valence-corrected chi connectivity index (χ3v) is 7.48. The number of thiazole rings is 1. The lowest BCUT2D eigenvalue weighted by molar-refractivity contribution is -0.142. The molecule has 2 fully saturated rings. The summed E-state index contributed by atoms with van der Waals surface area (Å²) in [6, 6.07) is -0.300. The first-order chi connectivity index (χ1) is 12.0. The van der Waals surface area contributed by atoms with Gasteiger partial charge in [-0.25, -0.2) is 4.98 Å². The number of aromatic nitrogens is 1. The van der Waals surface area contributed by atoms with Crippen molar-refractivity contribution in [2.45, 2.75) is 39.2 Å². The van der Waals surface area contributed by atoms with Crippen molar-refractivity contribution < 1.29 is 9.59 Å². The van der Waals surface area contributed by atoms with Gasteiger partial charge < -0.3 is 9.80 Å². The Hall–Kier alpha value is -0.730. The van der Waals surface area contributed by atoms with E-state index in [4.69, 9.17) is 0 Å². The molecule has 25 heavy (non-hydrogen) atoms. The summed E-state index contributed by atoms with van der Waals surface area (Å²) in [5.74, 6) is 3.83. The highest BCUT2D eigenvalue weighted by Gasteiger charge is 2.37. The van der Waals surface area contributed by atoms with Crippen LogP contribution in [0.5, 0.6) is 0 Å². The summed E-state index contributed by atoms with van der Waals surface area (Å²) in [4.78, 5) is 35.1. The average Bonchev–Trinajstić information content (AvgIpc) is 3.21. The molecule has 2 amide bonds. The van der Waals surface area contributed by atoms with Gasteiger partial charge in [0.15, 0.2) is 0 Å². The molecule has 138 valence electrons. The lowest BCUT2D eigenvalue weighted by Gasteiger charge is -2.31. The summed E-state index contributed by atoms with van der Waals surface area (Å²) >= 11 is 5.16. The number of carbonyl (C=O) groups is 2. The van der Waals surface area contributed by atoms with Crippen LogP contribution in [-0.4, -0.2) is 68.9 Å². The van der Waals surface area contributed by atoms with Crippen LogP contribution in [0.2, 0.25) is 0 Å². The predicted molar refractivity (Wildman–Crippen MR) is 107 cm³/mol. The molecule has 1 aromatic heterocycles. The Kier molecular flexibility index (Phi) is 6.33. The number of rotatable bonds is 4. The van der Waals surface area contributed by atoms with Crippen LogP contribution in [0.25, 0.3) is 0 Å². The first-order valence-corrected chi connectivity index (χ1v) is 11.8. The molecule has 0 radical (unpaired) electrons. The summed E-state index contributed by atoms with van der Waals surface area (Å²) in [6.07, 6.45) is 0.304. The van der Waals surface area contributed by atoms with E-state index >= 15 is 0 Å². The maximum Gasteiger partial charge on any atom is 0.246 e. The van der Waals surface area contributed by atoms with Gasteiger partial charge in [0.05, 0.1) is 18.0 Å². The quantitative estimate of drug-likeness (QED) is 0.779. The molecule has 1 unspecified atom stereocenters. The lowest BCUT2D eigenvalue weighted by atomic mass is 10.1. The molecule has 0 spiro atoms. The van der Waals surface area contributed by atoms with Crippen LogP contribution in [-0.2, 0) is 16.0 Å². The van der Waals surface area contributed by atoms with Gasteiger partial charge in [-0.15, -0.1) is 23.1 Å². The summed E-state index contributed by atoms with van der Waals surface area (Å²) in [6.45, 7) is 7.91. The van der Waals surface area contributed by atoms with E-state index in [0.717, 1.165) is 35.3 Å². The summed E-state index contributed by atoms with van der Waals surface area (Å²) < 4.78 is 0. The zero-order valence-electron chi connectivity index (χ0n) is 15.0. The van der Waals surface area contributed by atoms with Gasteiger partial charge in [-0.1, -0.05) is 13.8 Å². The molecule has 1 atom stereocenters. The van der Waals surface area contributed by atoms with E-state index in [1.54, 1.807) is 28.0 Å². The van der Waals surface area contributed by atoms with Gasteiger partial charge in [-0.2, -0.15) is 11.8 Å². The minimum absolute atomic E-state index is 0.0267. The van der Waals surface area contributed by atoms with Gasteiger partial charge in [0, 0.05) is 35.2 Å². The second kappa shape index (κ2) is 8.31. The Morgan fingerprint density at radius 2 is 1.96 bits per heavy atom. The van der Waals surface area contributed by atoms with Gasteiger partial charge >= 0.3 is 0 Å². The van der Waals surface area contributed by atoms with Crippen molar-refractivity contribution in [2.75, 3.05) is 36.2 Å². The fraction of sp³-hybridized carbons (Fsp3) is 0.706. The molecule has 2 aliphatic rings. The van der Waals surface area contributed by atoms with Gasteiger partial charge in [-0.05, 0) is 12.8 Å². The molecule has 1 aromatic rings. The van der Waals surface area contributed by atoms with Crippen LogP contribution >= 0.6 is 34.9 Å². The van der Waals surface area contributed by atoms with E-state index in [9.17, 15) is 9.59 Å². The van der Waals surface area contributed by atoms with Gasteiger partial charge in [0.1, 0.15) is 11.0 Å². The molecule has 3 rings (SSSR count). The average molecular weight is 400 g/mol. The fourth-order valence-electron chi connectivity index (χ4n) is 3.19. The number of amides is 2. The molecule has 2 aliphatic heterocycles. The predicted octanol–water partition coefficient (Wildman–Crippen LogP) is 2.59. The molecule has 5 nitrogen and oxygen atoms in total. The second-order valence-corrected chi connectivity index (χ2v) is 10.2. The summed E-state index contributed by atoms with van der Waals surface area (Å²) in [5, 5.41) is 0.865. The summed E-state index contributed by atoms with van der Waals surface area (Å²) in [5.41, 5.74) is 1.09. The Labute approximate surface area is 161 Å². The minimum atomic E-state index is -0.300. The zero-order chi connectivity index (χ0) is 18.0. The van der Waals surface area contributed by atoms with Crippen LogP contribution in [0.15, 0.2) is 0 Å². The molecule has 2 saturated heterocycles. The first kappa shape index (κ1) is 19.0. The van der Waals surface area contributed by atoms with Crippen LogP contribution in [0.1, 0.15) is 35.3 Å². The number of carbonyl (C=O) groups excluding carboxylic acids is 2. The van der Waals surface area contributed by atoms with Crippen LogP contribution < -0.4 is 0 Å². The number of nitrogens with zero attached hydrogens (tertiary/aromatic N) is 3.